The van der Waals surface area contributed by atoms with Crippen LogP contribution in [-0.4, -0.2) is 39.8 Å². The van der Waals surface area contributed by atoms with E-state index in [9.17, 15) is 9.59 Å². The van der Waals surface area contributed by atoms with E-state index in [0.717, 1.165) is 5.33 Å². The molecule has 2 atom stereocenters. The van der Waals surface area contributed by atoms with Crippen molar-refractivity contribution in [1.29, 1.82) is 0 Å². The molecule has 17 heavy (non-hydrogen) atoms. The fourth-order valence-electron chi connectivity index (χ4n) is 2.26. The first kappa shape index (κ1) is 14.5. The molecule has 1 N–H and O–H groups in total. The van der Waals surface area contributed by atoms with Gasteiger partial charge in [0.1, 0.15) is 0 Å². The Bertz CT molecular complexity index is 311. The Hall–Kier alpha value is -0.580. The zero-order valence-electron chi connectivity index (χ0n) is 10.6. The van der Waals surface area contributed by atoms with Gasteiger partial charge in [-0.3, -0.25) is 9.59 Å². The van der Waals surface area contributed by atoms with Crippen molar-refractivity contribution >= 4 is 27.8 Å². The summed E-state index contributed by atoms with van der Waals surface area (Å²) >= 11 is 3.39. The zero-order valence-corrected chi connectivity index (χ0v) is 12.2. The Morgan fingerprint density at radius 1 is 1.59 bits per heavy atom. The largest absolute Gasteiger partial charge is 0.481 e. The third-order valence-electron chi connectivity index (χ3n) is 3.20. The molecule has 1 aliphatic heterocycles. The molecule has 4 nitrogen and oxygen atoms in total. The smallest absolute Gasteiger partial charge is 0.305 e. The maximum absolute atomic E-state index is 11.9. The number of rotatable bonds is 4. The number of carboxylic acid groups (broad SMARTS) is 1. The van der Waals surface area contributed by atoms with Crippen molar-refractivity contribution in [3.8, 4) is 0 Å². The van der Waals surface area contributed by atoms with Crippen molar-refractivity contribution in [3.63, 3.8) is 0 Å². The molecule has 0 spiro atoms. The van der Waals surface area contributed by atoms with Crippen molar-refractivity contribution in [2.45, 2.75) is 39.7 Å². The molecule has 1 saturated heterocycles. The lowest BCUT2D eigenvalue weighted by molar-refractivity contribution is -0.141. The molecular weight excluding hydrogens is 286 g/mol. The second kappa shape index (κ2) is 5.38. The highest BCUT2D eigenvalue weighted by atomic mass is 79.9. The van der Waals surface area contributed by atoms with Gasteiger partial charge < -0.3 is 10.0 Å². The maximum Gasteiger partial charge on any atom is 0.305 e. The molecule has 0 aromatic carbocycles. The minimum absolute atomic E-state index is 0.0181. The zero-order chi connectivity index (χ0) is 13.2. The summed E-state index contributed by atoms with van der Waals surface area (Å²) in [6, 6.07) is -0.225. The van der Waals surface area contributed by atoms with E-state index in [1.807, 2.05) is 20.8 Å². The Morgan fingerprint density at radius 3 is 2.53 bits per heavy atom. The number of likely N-dealkylation sites (tertiary alicyclic amines) is 1. The molecule has 2 unspecified atom stereocenters. The van der Waals surface area contributed by atoms with Crippen molar-refractivity contribution in [1.82, 2.24) is 4.90 Å². The summed E-state index contributed by atoms with van der Waals surface area (Å²) in [5, 5.41) is 9.76. The van der Waals surface area contributed by atoms with Gasteiger partial charge in [-0.1, -0.05) is 36.7 Å². The quantitative estimate of drug-likeness (QED) is 0.809. The van der Waals surface area contributed by atoms with Crippen LogP contribution in [0.5, 0.6) is 0 Å². The number of carboxylic acids is 1. The molecule has 98 valence electrons. The first-order chi connectivity index (χ1) is 7.75. The van der Waals surface area contributed by atoms with Crippen molar-refractivity contribution < 1.29 is 14.7 Å². The second-order valence-corrected chi connectivity index (χ2v) is 6.40. The van der Waals surface area contributed by atoms with Crippen molar-refractivity contribution in [2.24, 2.45) is 11.3 Å². The summed E-state index contributed by atoms with van der Waals surface area (Å²) in [5.41, 5.74) is -0.213. The molecular formula is C12H20BrNO3. The van der Waals surface area contributed by atoms with Gasteiger partial charge in [-0.05, 0) is 11.3 Å². The van der Waals surface area contributed by atoms with Crippen LogP contribution in [0.4, 0.5) is 0 Å². The van der Waals surface area contributed by atoms with E-state index in [4.69, 9.17) is 5.11 Å². The van der Waals surface area contributed by atoms with Crippen LogP contribution in [0.2, 0.25) is 0 Å². The number of nitrogens with zero attached hydrogens (tertiary/aromatic N) is 1. The maximum atomic E-state index is 11.9. The highest BCUT2D eigenvalue weighted by Gasteiger charge is 2.40. The Morgan fingerprint density at radius 2 is 2.18 bits per heavy atom. The predicted molar refractivity (Wildman–Crippen MR) is 69.1 cm³/mol. The fraction of sp³-hybridized carbons (Fsp3) is 0.833. The molecule has 0 saturated carbocycles. The van der Waals surface area contributed by atoms with Crippen LogP contribution in [-0.2, 0) is 9.59 Å². The topological polar surface area (TPSA) is 57.6 Å². The van der Waals surface area contributed by atoms with Crippen molar-refractivity contribution in [2.75, 3.05) is 11.9 Å². The van der Waals surface area contributed by atoms with Gasteiger partial charge in [0.15, 0.2) is 0 Å². The predicted octanol–water partition coefficient (Wildman–Crippen LogP) is 2.12. The molecule has 1 rings (SSSR count). The van der Waals surface area contributed by atoms with Crippen LogP contribution in [0, 0.1) is 11.3 Å². The normalized spacial score (nSPS) is 22.9. The van der Waals surface area contributed by atoms with Crippen LogP contribution in [0.1, 0.15) is 33.6 Å². The highest BCUT2D eigenvalue weighted by molar-refractivity contribution is 9.09. The van der Waals surface area contributed by atoms with E-state index < -0.39 is 5.97 Å². The Kier molecular flexibility index (Phi) is 4.58. The van der Waals surface area contributed by atoms with Crippen LogP contribution >= 0.6 is 15.9 Å². The molecule has 1 amide bonds. The lowest BCUT2D eigenvalue weighted by Crippen LogP contribution is -2.46. The first-order valence-corrected chi connectivity index (χ1v) is 6.95. The van der Waals surface area contributed by atoms with Gasteiger partial charge in [-0.2, -0.15) is 0 Å². The van der Waals surface area contributed by atoms with Gasteiger partial charge >= 0.3 is 5.97 Å². The molecule has 0 bridgehead atoms. The monoisotopic (exact) mass is 305 g/mol. The molecule has 1 heterocycles. The number of aliphatic carboxylic acids is 1. The molecule has 1 fully saturated rings. The summed E-state index contributed by atoms with van der Waals surface area (Å²) in [4.78, 5) is 24.6. The molecule has 1 aliphatic rings. The summed E-state index contributed by atoms with van der Waals surface area (Å²) < 4.78 is 0. The number of halogens is 1. The third-order valence-corrected chi connectivity index (χ3v) is 4.12. The summed E-state index contributed by atoms with van der Waals surface area (Å²) in [7, 11) is 0. The first-order valence-electron chi connectivity index (χ1n) is 5.83. The standard InChI is InChI=1S/C12H20BrNO3/c1-12(2,3)9(5-11(16)17)14-7-8(6-13)4-10(14)15/h8-9H,4-7H2,1-3H3,(H,16,17). The number of hydrogen-bond donors (Lipinski definition) is 1. The molecule has 0 aromatic heterocycles. The molecule has 0 radical (unpaired) electrons. The van der Waals surface area contributed by atoms with Gasteiger partial charge in [0.25, 0.3) is 0 Å². The van der Waals surface area contributed by atoms with E-state index in [1.54, 1.807) is 4.90 Å². The van der Waals surface area contributed by atoms with E-state index in [2.05, 4.69) is 15.9 Å². The lowest BCUT2D eigenvalue weighted by Gasteiger charge is -2.37. The number of amides is 1. The average Bonchev–Trinajstić information content (AvgIpc) is 2.54. The lowest BCUT2D eigenvalue weighted by atomic mass is 9.83. The average molecular weight is 306 g/mol. The minimum atomic E-state index is -0.847. The molecule has 0 aromatic rings. The van der Waals surface area contributed by atoms with E-state index in [1.165, 1.54) is 0 Å². The Labute approximate surface area is 110 Å². The van der Waals surface area contributed by atoms with Gasteiger partial charge in [-0.25, -0.2) is 0 Å². The summed E-state index contributed by atoms with van der Waals surface area (Å²) in [6.45, 7) is 6.61. The molecule has 5 heteroatoms. The van der Waals surface area contributed by atoms with Crippen molar-refractivity contribution in [3.05, 3.63) is 0 Å². The third kappa shape index (κ3) is 3.69. The van der Waals surface area contributed by atoms with Crippen LogP contribution in [0.3, 0.4) is 0 Å². The fourth-order valence-corrected chi connectivity index (χ4v) is 2.70. The van der Waals surface area contributed by atoms with Crippen LogP contribution < -0.4 is 0 Å². The van der Waals surface area contributed by atoms with Gasteiger partial charge in [0, 0.05) is 24.3 Å². The van der Waals surface area contributed by atoms with E-state index in [0.29, 0.717) is 18.9 Å². The summed E-state index contributed by atoms with van der Waals surface area (Å²) in [5.74, 6) is -0.461. The highest BCUT2D eigenvalue weighted by Crippen LogP contribution is 2.32. The number of carbonyl (C=O) groups is 2. The number of alkyl halides is 1. The SMILES string of the molecule is CC(C)(C)C(CC(=O)O)N1CC(CBr)CC1=O. The number of carbonyl (C=O) groups excluding carboxylic acids is 1. The van der Waals surface area contributed by atoms with Crippen LogP contribution in [0.25, 0.3) is 0 Å². The minimum Gasteiger partial charge on any atom is -0.481 e. The van der Waals surface area contributed by atoms with Crippen LogP contribution in [0.15, 0.2) is 0 Å². The van der Waals surface area contributed by atoms with E-state index in [-0.39, 0.29) is 23.8 Å². The van der Waals surface area contributed by atoms with E-state index >= 15 is 0 Å². The summed E-state index contributed by atoms with van der Waals surface area (Å²) in [6.07, 6.45) is 0.543. The number of hydrogen-bond acceptors (Lipinski definition) is 2. The van der Waals surface area contributed by atoms with Gasteiger partial charge in [0.2, 0.25) is 5.91 Å². The van der Waals surface area contributed by atoms with Gasteiger partial charge in [0.05, 0.1) is 6.42 Å². The molecule has 0 aliphatic carbocycles. The second-order valence-electron chi connectivity index (χ2n) is 5.75. The Balaban J connectivity index is 2.84. The van der Waals surface area contributed by atoms with Gasteiger partial charge in [-0.15, -0.1) is 0 Å².